The lowest BCUT2D eigenvalue weighted by molar-refractivity contribution is -0.246. The fraction of sp³-hybridized carbons (Fsp3) is 0.867. The molecular weight excluding hydrogens is 488 g/mol. The number of aliphatic hydroxyl groups excluding tert-OH is 4. The van der Waals surface area contributed by atoms with E-state index in [1.807, 2.05) is 0 Å². The fourth-order valence-corrected chi connectivity index (χ4v) is 11.1. The molecule has 0 heterocycles. The average molecular weight is 535 g/mol. The van der Waals surface area contributed by atoms with Gasteiger partial charge in [0.25, 0.3) is 0 Å². The summed E-state index contributed by atoms with van der Waals surface area (Å²) >= 11 is 0. The quantitative estimate of drug-likeness (QED) is 0.302. The van der Waals surface area contributed by atoms with Gasteiger partial charge in [0.2, 0.25) is 0 Å². The number of carboxylic acids is 2. The Labute approximate surface area is 225 Å². The smallest absolute Gasteiger partial charge is 0.312 e. The SMILES string of the molecule is CC1(C)C[C@@H](O)[C@]2(C(=O)O)CC[C@]3(CO)C(=CC[C@@H]4[C@@]5(C)C[C@H](O)[C@H](O)C(C)(C(=O)O)C5CC[C@]43C)[C@H]2C1. The molecule has 8 nitrogen and oxygen atoms in total. The molecule has 2 unspecified atom stereocenters. The van der Waals surface area contributed by atoms with Crippen molar-refractivity contribution in [3.05, 3.63) is 11.6 Å². The van der Waals surface area contributed by atoms with Gasteiger partial charge in [-0.2, -0.15) is 0 Å². The first kappa shape index (κ1) is 28.1. The lowest BCUT2D eigenvalue weighted by atomic mass is 9.33. The highest BCUT2D eigenvalue weighted by molar-refractivity contribution is 5.78. The number of aliphatic hydroxyl groups is 4. The Bertz CT molecular complexity index is 1070. The van der Waals surface area contributed by atoms with Crippen LogP contribution in [-0.2, 0) is 9.59 Å². The standard InChI is InChI=1S/C30H46O8/c1-25(2)12-17-16-6-7-19-26(3)13-18(32)22(34)28(5,23(35)36)20(26)8-9-27(19,4)29(16,15-31)10-11-30(17,24(37)38)21(33)14-25/h6,17-22,31-34H,7-15H2,1-5H3,(H,35,36)(H,37,38)/t17-,18+,19-,20?,21-,22+,26-,27-,28?,29+,30+/m1/s1. The molecular formula is C30H46O8. The zero-order valence-corrected chi connectivity index (χ0v) is 23.4. The summed E-state index contributed by atoms with van der Waals surface area (Å²) in [6.07, 6.45) is 2.39. The number of fused-ring (bicyclic) bond motifs is 7. The molecule has 5 aliphatic carbocycles. The first-order valence-corrected chi connectivity index (χ1v) is 14.3. The van der Waals surface area contributed by atoms with Gasteiger partial charge in [-0.05, 0) is 92.3 Å². The molecule has 0 aromatic heterocycles. The third kappa shape index (κ3) is 3.12. The number of aliphatic carboxylic acids is 2. The average Bonchev–Trinajstić information content (AvgIpc) is 2.81. The topological polar surface area (TPSA) is 156 Å². The van der Waals surface area contributed by atoms with Crippen molar-refractivity contribution in [3.8, 4) is 0 Å². The highest BCUT2D eigenvalue weighted by Crippen LogP contribution is 2.75. The number of hydrogen-bond acceptors (Lipinski definition) is 6. The van der Waals surface area contributed by atoms with Crippen LogP contribution < -0.4 is 0 Å². The normalized spacial score (nSPS) is 53.4. The van der Waals surface area contributed by atoms with E-state index in [1.54, 1.807) is 6.92 Å². The highest BCUT2D eigenvalue weighted by Gasteiger charge is 2.73. The Morgan fingerprint density at radius 3 is 2.13 bits per heavy atom. The van der Waals surface area contributed by atoms with Crippen molar-refractivity contribution in [3.63, 3.8) is 0 Å². The van der Waals surface area contributed by atoms with Crippen LogP contribution in [0.15, 0.2) is 11.6 Å². The molecule has 38 heavy (non-hydrogen) atoms. The van der Waals surface area contributed by atoms with Crippen LogP contribution in [-0.4, -0.2) is 67.5 Å². The summed E-state index contributed by atoms with van der Waals surface area (Å²) in [6, 6.07) is 0. The van der Waals surface area contributed by atoms with E-state index in [4.69, 9.17) is 0 Å². The summed E-state index contributed by atoms with van der Waals surface area (Å²) < 4.78 is 0. The number of hydrogen-bond donors (Lipinski definition) is 6. The van der Waals surface area contributed by atoms with Gasteiger partial charge in [-0.15, -0.1) is 0 Å². The van der Waals surface area contributed by atoms with Gasteiger partial charge in [-0.25, -0.2) is 0 Å². The molecule has 8 heteroatoms. The monoisotopic (exact) mass is 534 g/mol. The van der Waals surface area contributed by atoms with Gasteiger partial charge < -0.3 is 30.6 Å². The van der Waals surface area contributed by atoms with Crippen LogP contribution in [0.4, 0.5) is 0 Å². The van der Waals surface area contributed by atoms with Crippen molar-refractivity contribution < 1.29 is 40.2 Å². The van der Waals surface area contributed by atoms with Gasteiger partial charge in [0.15, 0.2) is 0 Å². The maximum Gasteiger partial charge on any atom is 0.312 e. The molecule has 4 fully saturated rings. The fourth-order valence-electron chi connectivity index (χ4n) is 11.1. The molecule has 4 saturated carbocycles. The van der Waals surface area contributed by atoms with Crippen molar-refractivity contribution in [2.75, 3.05) is 6.61 Å². The van der Waals surface area contributed by atoms with Crippen molar-refractivity contribution in [2.45, 2.75) is 104 Å². The second-order valence-corrected chi connectivity index (χ2v) is 15.0. The van der Waals surface area contributed by atoms with Crippen molar-refractivity contribution >= 4 is 11.9 Å². The molecule has 0 bridgehead atoms. The molecule has 0 radical (unpaired) electrons. The lowest BCUT2D eigenvalue weighted by Gasteiger charge is -2.71. The minimum atomic E-state index is -1.49. The van der Waals surface area contributed by atoms with Crippen molar-refractivity contribution in [1.82, 2.24) is 0 Å². The number of carboxylic acid groups (broad SMARTS) is 2. The van der Waals surface area contributed by atoms with Gasteiger partial charge in [0, 0.05) is 5.41 Å². The second-order valence-electron chi connectivity index (χ2n) is 15.0. The van der Waals surface area contributed by atoms with Crippen molar-refractivity contribution in [2.24, 2.45) is 50.2 Å². The summed E-state index contributed by atoms with van der Waals surface area (Å²) in [5.41, 5.74) is -3.83. The van der Waals surface area contributed by atoms with E-state index >= 15 is 0 Å². The first-order chi connectivity index (χ1) is 17.5. The van der Waals surface area contributed by atoms with Gasteiger partial charge >= 0.3 is 11.9 Å². The van der Waals surface area contributed by atoms with Gasteiger partial charge in [0.1, 0.15) is 5.41 Å². The zero-order valence-electron chi connectivity index (χ0n) is 23.4. The number of carbonyl (C=O) groups is 2. The summed E-state index contributed by atoms with van der Waals surface area (Å²) in [7, 11) is 0. The Hall–Kier alpha value is -1.48. The third-order valence-electron chi connectivity index (χ3n) is 13.1. The zero-order chi connectivity index (χ0) is 28.3. The lowest BCUT2D eigenvalue weighted by Crippen LogP contribution is -2.70. The summed E-state index contributed by atoms with van der Waals surface area (Å²) in [5, 5.41) is 65.1. The molecule has 5 rings (SSSR count). The minimum absolute atomic E-state index is 0.0654. The van der Waals surface area contributed by atoms with Crippen LogP contribution in [0, 0.1) is 50.2 Å². The Balaban J connectivity index is 1.66. The van der Waals surface area contributed by atoms with E-state index in [0.717, 1.165) is 5.57 Å². The van der Waals surface area contributed by atoms with E-state index in [-0.39, 0.29) is 36.7 Å². The van der Waals surface area contributed by atoms with Gasteiger partial charge in [-0.1, -0.05) is 39.3 Å². The first-order valence-electron chi connectivity index (χ1n) is 14.3. The molecule has 11 atom stereocenters. The van der Waals surface area contributed by atoms with E-state index in [9.17, 15) is 40.2 Å². The highest BCUT2D eigenvalue weighted by atomic mass is 16.4. The molecule has 0 aromatic rings. The molecule has 0 spiro atoms. The Kier molecular flexibility index (Phi) is 6.11. The van der Waals surface area contributed by atoms with E-state index in [1.165, 1.54) is 0 Å². The number of allylic oxidation sites excluding steroid dienone is 1. The molecule has 0 saturated heterocycles. The van der Waals surface area contributed by atoms with E-state index in [2.05, 4.69) is 33.8 Å². The number of rotatable bonds is 3. The Morgan fingerprint density at radius 2 is 1.55 bits per heavy atom. The summed E-state index contributed by atoms with van der Waals surface area (Å²) in [5.74, 6) is -2.89. The Morgan fingerprint density at radius 1 is 0.895 bits per heavy atom. The molecule has 0 amide bonds. The van der Waals surface area contributed by atoms with Crippen LogP contribution in [0.5, 0.6) is 0 Å². The minimum Gasteiger partial charge on any atom is -0.481 e. The predicted octanol–water partition coefficient (Wildman–Crippen LogP) is 3.21. The van der Waals surface area contributed by atoms with E-state index in [0.29, 0.717) is 38.5 Å². The van der Waals surface area contributed by atoms with Crippen LogP contribution >= 0.6 is 0 Å². The molecule has 5 aliphatic rings. The van der Waals surface area contributed by atoms with Crippen LogP contribution in [0.25, 0.3) is 0 Å². The largest absolute Gasteiger partial charge is 0.481 e. The van der Waals surface area contributed by atoms with Crippen LogP contribution in [0.3, 0.4) is 0 Å². The second kappa shape index (κ2) is 8.27. The maximum absolute atomic E-state index is 12.8. The van der Waals surface area contributed by atoms with Crippen LogP contribution in [0.2, 0.25) is 0 Å². The van der Waals surface area contributed by atoms with Gasteiger partial charge in [0.05, 0.1) is 30.3 Å². The van der Waals surface area contributed by atoms with Gasteiger partial charge in [-0.3, -0.25) is 9.59 Å². The molecule has 6 N–H and O–H groups in total. The summed E-state index contributed by atoms with van der Waals surface area (Å²) in [4.78, 5) is 25.4. The molecule has 214 valence electrons. The van der Waals surface area contributed by atoms with Crippen LogP contribution in [0.1, 0.15) is 86.0 Å². The third-order valence-corrected chi connectivity index (χ3v) is 13.1. The molecule has 0 aromatic carbocycles. The maximum atomic E-state index is 12.8. The predicted molar refractivity (Wildman–Crippen MR) is 139 cm³/mol. The van der Waals surface area contributed by atoms with E-state index < -0.39 is 63.2 Å². The summed E-state index contributed by atoms with van der Waals surface area (Å²) in [6.45, 7) is 9.79. The van der Waals surface area contributed by atoms with Crippen molar-refractivity contribution in [1.29, 1.82) is 0 Å². The molecule has 0 aliphatic heterocycles.